The summed E-state index contributed by atoms with van der Waals surface area (Å²) in [5.41, 5.74) is 12.6. The van der Waals surface area contributed by atoms with Crippen molar-refractivity contribution in [1.29, 1.82) is 0 Å². The number of hydrogen-bond acceptors (Lipinski definition) is 28. The standard InChI is InChI=1S/C33H40N2O7.C31H31F3N2O8.C24H26F3NO7.C11H15NO2/c1-32(2,3)42-31(38)21-9-12-23(13-10-21)34-27(36)7-6-8-28(37)40-24-15-16-33-17-18-35(4)20-22-11-14-25(39-5)30(29(22)33)41-26(33)19-24;1-36-15-14-30-13-12-21(16-23(30)43-27-22(41-2)11-8-19(17-36)26(27)30)42-25(38)5-3-4-24(37)35-20-9-6-18(7-10-20)28(39)44-29(40)31(32,33)34;1-28-11-10-23-9-8-15(33-18(29)4-3-5-19(30)35-22(31)24(25,26)27)12-17(23)34-21-16(32-2)7-6-14(13-28)20(21)23;1-11(2,3)14-10(13)8-4-6-9(12)7-5-8/h9-16,24,26H,6-8,17-20H2,1-5H3,(H,34,36);6-13,21,23H,3-5,14-17H2,1-2H3,(H,35,37);6-9,15,17H,3-5,10-13H2,1-2H3;4-7H,12H2,1-3H3/t24-,26-,33-;21-,23-,30-;15-,17-,23-;/m000./s1. The smallest absolute Gasteiger partial charge is 0.491 e. The number of nitrogen functional groups attached to an aromatic ring is 1. The first kappa shape index (κ1) is 101. The number of hydrogen-bond donors (Lipinski definition) is 3. The van der Waals surface area contributed by atoms with Gasteiger partial charge in [0.05, 0.1) is 54.3 Å². The maximum Gasteiger partial charge on any atom is 0.491 e. The first-order chi connectivity index (χ1) is 63.8. The lowest BCUT2D eigenvalue weighted by Crippen LogP contribution is -2.43. The maximum absolute atomic E-state index is 12.7. The molecular formula is C99H112F6N6O24. The molecule has 724 valence electrons. The molecule has 9 atom stereocenters. The van der Waals surface area contributed by atoms with Gasteiger partial charge in [0.25, 0.3) is 0 Å². The van der Waals surface area contributed by atoms with Crippen molar-refractivity contribution in [2.45, 2.75) is 234 Å². The summed E-state index contributed by atoms with van der Waals surface area (Å²) in [6.45, 7) is 16.0. The molecule has 0 aromatic heterocycles. The van der Waals surface area contributed by atoms with E-state index in [2.05, 4.69) is 86.3 Å². The largest absolute Gasteiger partial charge is 0.493 e. The second kappa shape index (κ2) is 42.4. The Bertz CT molecular complexity index is 5520. The zero-order valence-corrected chi connectivity index (χ0v) is 77.2. The fraction of sp³-hybridized carbons (Fsp3) is 0.465. The van der Waals surface area contributed by atoms with Crippen LogP contribution in [0.5, 0.6) is 34.5 Å². The Morgan fingerprint density at radius 1 is 0.400 bits per heavy atom. The molecule has 4 N–H and O–H groups in total. The van der Waals surface area contributed by atoms with Crippen molar-refractivity contribution in [2.75, 3.05) is 78.5 Å². The van der Waals surface area contributed by atoms with E-state index >= 15 is 0 Å². The molecule has 6 heterocycles. The van der Waals surface area contributed by atoms with Crippen LogP contribution in [0.1, 0.15) is 202 Å². The van der Waals surface area contributed by atoms with Gasteiger partial charge in [-0.15, -0.1) is 0 Å². The van der Waals surface area contributed by atoms with E-state index in [9.17, 15) is 79.1 Å². The number of halogens is 6. The molecule has 30 nitrogen and oxygen atoms in total. The van der Waals surface area contributed by atoms with Crippen LogP contribution < -0.4 is 44.8 Å². The van der Waals surface area contributed by atoms with Gasteiger partial charge in [-0.2, -0.15) is 26.3 Å². The van der Waals surface area contributed by atoms with Crippen molar-refractivity contribution in [3.05, 3.63) is 196 Å². The zero-order chi connectivity index (χ0) is 97.9. The lowest BCUT2D eigenvalue weighted by molar-refractivity contribution is -0.201. The lowest BCUT2D eigenvalue weighted by atomic mass is 9.69. The summed E-state index contributed by atoms with van der Waals surface area (Å²) in [7, 11) is 11.1. The number of methoxy groups -OCH3 is 3. The van der Waals surface area contributed by atoms with E-state index in [0.717, 1.165) is 99.0 Å². The molecule has 0 fully saturated rings. The molecule has 36 heteroatoms. The normalized spacial score (nSPS) is 21.9. The monoisotopic (exact) mass is 1880 g/mol. The first-order valence-electron chi connectivity index (χ1n) is 44.4. The Labute approximate surface area is 777 Å². The number of alkyl halides is 6. The highest BCUT2D eigenvalue weighted by molar-refractivity contribution is 5.99. The van der Waals surface area contributed by atoms with Crippen LogP contribution in [0, 0.1) is 0 Å². The van der Waals surface area contributed by atoms with Crippen molar-refractivity contribution in [2.24, 2.45) is 0 Å². The number of ether oxygens (including phenoxy) is 13. The average molecular weight is 1880 g/mol. The number of esters is 9. The molecule has 9 aliphatic rings. The summed E-state index contributed by atoms with van der Waals surface area (Å²) < 4.78 is 144. The van der Waals surface area contributed by atoms with Crippen LogP contribution in [-0.2, 0) is 107 Å². The Balaban J connectivity index is 0.000000170. The summed E-state index contributed by atoms with van der Waals surface area (Å²) in [4.78, 5) is 137. The molecule has 0 unspecified atom stereocenters. The van der Waals surface area contributed by atoms with Crippen molar-refractivity contribution in [3.63, 3.8) is 0 Å². The number of rotatable bonds is 23. The van der Waals surface area contributed by atoms with Gasteiger partial charge in [-0.05, 0) is 247 Å². The molecule has 6 aromatic carbocycles. The highest BCUT2D eigenvalue weighted by Gasteiger charge is 2.57. The minimum atomic E-state index is -5.30. The Morgan fingerprint density at radius 2 is 0.696 bits per heavy atom. The van der Waals surface area contributed by atoms with Crippen LogP contribution in [0.2, 0.25) is 0 Å². The van der Waals surface area contributed by atoms with Gasteiger partial charge in [0, 0.05) is 111 Å². The number of nitrogens with zero attached hydrogens (tertiary/aromatic N) is 3. The maximum atomic E-state index is 12.7. The van der Waals surface area contributed by atoms with Gasteiger partial charge in [-0.25, -0.2) is 24.0 Å². The van der Waals surface area contributed by atoms with E-state index in [-0.39, 0.29) is 109 Å². The minimum Gasteiger partial charge on any atom is -0.493 e. The summed E-state index contributed by atoms with van der Waals surface area (Å²) >= 11 is 0. The second-order valence-corrected chi connectivity index (χ2v) is 36.5. The van der Waals surface area contributed by atoms with Gasteiger partial charge in [-0.1, -0.05) is 36.4 Å². The quantitative estimate of drug-likeness (QED) is 0.0134. The number of carbonyl (C=O) groups is 11. The van der Waals surface area contributed by atoms with Crippen molar-refractivity contribution < 1.29 is 141 Å². The molecular weight excluding hydrogens is 1770 g/mol. The SMILES string of the molecule is CC(C)(C)OC(=O)c1ccc(N)cc1.COc1ccc2c3c1O[C@H]1C[C@@H](OC(=O)CCCC(=O)Nc4ccc(C(=O)OC(=O)C(F)(F)F)cc4)C=C[C@@]31CCN(C)C2.COc1ccc2c3c1O[C@H]1C[C@@H](OC(=O)CCCC(=O)Nc4ccc(C(=O)OC(C)(C)C)cc4)C=C[C@@]31CCN(C)C2.COc1ccc2c3c1O[C@H]1C[C@@H](OC(=O)CCCC(=O)OC(=O)C(F)(F)F)C=C[C@@]31CCN(C)C2. The van der Waals surface area contributed by atoms with Gasteiger partial charge in [-0.3, -0.25) is 28.8 Å². The second-order valence-electron chi connectivity index (χ2n) is 36.5. The fourth-order valence-corrected chi connectivity index (χ4v) is 17.8. The lowest BCUT2D eigenvalue weighted by Gasteiger charge is -2.36. The van der Waals surface area contributed by atoms with Crippen LogP contribution in [-0.4, -0.2) is 203 Å². The highest BCUT2D eigenvalue weighted by Crippen LogP contribution is 2.59. The molecule has 15 rings (SSSR count). The van der Waals surface area contributed by atoms with E-state index in [1.807, 2.05) is 84.0 Å². The number of amides is 2. The van der Waals surface area contributed by atoms with Crippen molar-refractivity contribution in [3.8, 4) is 34.5 Å². The number of anilines is 3. The Hall–Kier alpha value is -12.8. The molecule has 135 heavy (non-hydrogen) atoms. The van der Waals surface area contributed by atoms with E-state index in [0.29, 0.717) is 65.4 Å². The van der Waals surface area contributed by atoms with E-state index in [1.165, 1.54) is 34.4 Å². The van der Waals surface area contributed by atoms with Crippen molar-refractivity contribution in [1.82, 2.24) is 14.7 Å². The topological polar surface area (TPSA) is 368 Å². The third-order valence-corrected chi connectivity index (χ3v) is 24.2. The predicted octanol–water partition coefficient (Wildman–Crippen LogP) is 15.0. The summed E-state index contributed by atoms with van der Waals surface area (Å²) in [5.74, 6) is -6.46. The number of nitrogens with one attached hydrogen (secondary N) is 2. The molecule has 0 bridgehead atoms. The van der Waals surface area contributed by atoms with Gasteiger partial charge in [0.1, 0.15) is 47.8 Å². The van der Waals surface area contributed by atoms with E-state index in [1.54, 1.807) is 69.9 Å². The van der Waals surface area contributed by atoms with Crippen LogP contribution >= 0.6 is 0 Å². The molecule has 3 aliphatic carbocycles. The van der Waals surface area contributed by atoms with Crippen LogP contribution in [0.3, 0.4) is 0 Å². The van der Waals surface area contributed by atoms with Gasteiger partial charge in [0.2, 0.25) is 11.8 Å². The van der Waals surface area contributed by atoms with Crippen LogP contribution in [0.15, 0.2) is 146 Å². The molecule has 0 radical (unpaired) electrons. The minimum absolute atomic E-state index is 0.000268. The van der Waals surface area contributed by atoms with E-state index in [4.69, 9.17) is 57.8 Å². The molecule has 0 saturated heterocycles. The van der Waals surface area contributed by atoms with E-state index < -0.39 is 96.0 Å². The van der Waals surface area contributed by atoms with Gasteiger partial charge >= 0.3 is 66.1 Å². The summed E-state index contributed by atoms with van der Waals surface area (Å²) in [6, 6.07) is 30.0. The third kappa shape index (κ3) is 25.0. The zero-order valence-electron chi connectivity index (χ0n) is 77.2. The highest BCUT2D eigenvalue weighted by atomic mass is 19.4. The Morgan fingerprint density at radius 3 is 1.01 bits per heavy atom. The number of benzene rings is 6. The average Bonchev–Trinajstić information content (AvgIpc) is 1.58. The molecule has 6 aliphatic heterocycles. The third-order valence-electron chi connectivity index (χ3n) is 24.2. The van der Waals surface area contributed by atoms with Gasteiger partial charge < -0.3 is 92.6 Å². The fourth-order valence-electron chi connectivity index (χ4n) is 17.8. The van der Waals surface area contributed by atoms with Crippen LogP contribution in [0.4, 0.5) is 43.4 Å². The molecule has 2 amide bonds. The Kier molecular flexibility index (Phi) is 31.8. The first-order valence-corrected chi connectivity index (χ1v) is 44.4. The number of nitrogens with two attached hydrogens (primary N) is 1. The summed E-state index contributed by atoms with van der Waals surface area (Å²) in [6.07, 6.45) is 3.62. The number of carbonyl (C=O) groups excluding carboxylic acids is 11. The summed E-state index contributed by atoms with van der Waals surface area (Å²) in [5, 5.41) is 5.37. The predicted molar refractivity (Wildman–Crippen MR) is 478 cm³/mol. The van der Waals surface area contributed by atoms with Gasteiger partial charge in [0.15, 0.2) is 34.5 Å². The molecule has 3 spiro atoms. The van der Waals surface area contributed by atoms with Crippen molar-refractivity contribution >= 4 is 82.6 Å². The molecule has 6 aromatic rings. The molecule has 0 saturated carbocycles. The van der Waals surface area contributed by atoms with Crippen LogP contribution in [0.25, 0.3) is 0 Å².